The van der Waals surface area contributed by atoms with Crippen molar-refractivity contribution in [1.82, 2.24) is 15.4 Å². The molecule has 0 fully saturated rings. The zero-order valence-electron chi connectivity index (χ0n) is 13.9. The summed E-state index contributed by atoms with van der Waals surface area (Å²) in [7, 11) is -1.54. The number of guanidine groups is 1. The molecule has 0 bridgehead atoms. The van der Waals surface area contributed by atoms with Crippen LogP contribution in [0.5, 0.6) is 0 Å². The van der Waals surface area contributed by atoms with Crippen molar-refractivity contribution in [2.45, 2.75) is 38.0 Å². The molecule has 128 valence electrons. The highest BCUT2D eigenvalue weighted by Gasteiger charge is 2.23. The van der Waals surface area contributed by atoms with Gasteiger partial charge < -0.3 is 10.6 Å². The predicted molar refractivity (Wildman–Crippen MR) is 104 cm³/mol. The van der Waals surface area contributed by atoms with Crippen molar-refractivity contribution in [2.24, 2.45) is 4.99 Å². The molecule has 0 radical (unpaired) electrons. The highest BCUT2D eigenvalue weighted by atomic mass is 127. The minimum Gasteiger partial charge on any atom is -0.355 e. The molecule has 3 N–H and O–H groups in total. The molecule has 0 amide bonds. The van der Waals surface area contributed by atoms with E-state index in [2.05, 4.69) is 40.5 Å². The summed E-state index contributed by atoms with van der Waals surface area (Å²) in [6.45, 7) is 9.15. The smallest absolute Gasteiger partial charge is 0.209 e. The van der Waals surface area contributed by atoms with Crippen LogP contribution in [0.3, 0.4) is 0 Å². The molecule has 6 nitrogen and oxygen atoms in total. The van der Waals surface area contributed by atoms with Crippen LogP contribution in [0.1, 0.15) is 27.7 Å². The van der Waals surface area contributed by atoms with E-state index >= 15 is 0 Å². The number of sulfonamides is 1. The van der Waals surface area contributed by atoms with Crippen molar-refractivity contribution in [3.63, 3.8) is 0 Å². The zero-order chi connectivity index (χ0) is 16.0. The van der Waals surface area contributed by atoms with E-state index in [0.717, 1.165) is 12.8 Å². The third kappa shape index (κ3) is 12.5. The molecule has 0 rings (SSSR count). The Hall–Kier alpha value is 0.260. The Labute approximate surface area is 150 Å². The van der Waals surface area contributed by atoms with Gasteiger partial charge in [0.25, 0.3) is 0 Å². The summed E-state index contributed by atoms with van der Waals surface area (Å²) in [6.07, 6.45) is 3.22. The molecular weight excluding hydrogens is 423 g/mol. The van der Waals surface area contributed by atoms with E-state index in [1.165, 1.54) is 0 Å². The van der Waals surface area contributed by atoms with Gasteiger partial charge in [-0.15, -0.1) is 24.0 Å². The van der Waals surface area contributed by atoms with Crippen molar-refractivity contribution in [3.8, 4) is 0 Å². The van der Waals surface area contributed by atoms with E-state index in [4.69, 9.17) is 0 Å². The van der Waals surface area contributed by atoms with Gasteiger partial charge in [-0.2, -0.15) is 11.8 Å². The minimum absolute atomic E-state index is 0. The largest absolute Gasteiger partial charge is 0.355 e. The second-order valence-electron chi connectivity index (χ2n) is 6.00. The summed E-state index contributed by atoms with van der Waals surface area (Å²) in [4.78, 5) is 4.13. The van der Waals surface area contributed by atoms with Crippen molar-refractivity contribution < 1.29 is 8.42 Å². The first-order chi connectivity index (χ1) is 8.91. The van der Waals surface area contributed by atoms with E-state index < -0.39 is 15.6 Å². The van der Waals surface area contributed by atoms with Gasteiger partial charge in [0.05, 0.1) is 6.26 Å². The maximum absolute atomic E-state index is 11.3. The van der Waals surface area contributed by atoms with Crippen LogP contribution in [-0.2, 0) is 10.0 Å². The van der Waals surface area contributed by atoms with Crippen LogP contribution in [0.4, 0.5) is 0 Å². The third-order valence-electron chi connectivity index (χ3n) is 2.62. The van der Waals surface area contributed by atoms with Gasteiger partial charge in [0.15, 0.2) is 5.96 Å². The van der Waals surface area contributed by atoms with Crippen molar-refractivity contribution in [2.75, 3.05) is 32.6 Å². The summed E-state index contributed by atoms with van der Waals surface area (Å²) in [6, 6.07) is 0. The molecule has 0 aromatic rings. The molecule has 9 heteroatoms. The number of nitrogens with one attached hydrogen (secondary N) is 3. The summed E-state index contributed by atoms with van der Waals surface area (Å²) < 4.78 is 25.2. The summed E-state index contributed by atoms with van der Waals surface area (Å²) in [5.41, 5.74) is -0.583. The monoisotopic (exact) mass is 452 g/mol. The molecule has 0 aliphatic carbocycles. The van der Waals surface area contributed by atoms with Gasteiger partial charge in [0.2, 0.25) is 10.0 Å². The molecule has 0 aromatic carbocycles. The number of aliphatic imine (C=N–C) groups is 1. The average Bonchev–Trinajstić information content (AvgIpc) is 2.26. The van der Waals surface area contributed by atoms with Crippen LogP contribution in [-0.4, -0.2) is 57.3 Å². The van der Waals surface area contributed by atoms with Gasteiger partial charge in [-0.1, -0.05) is 0 Å². The number of halogens is 1. The second kappa shape index (κ2) is 9.41. The Bertz CT molecular complexity index is 437. The van der Waals surface area contributed by atoms with Crippen molar-refractivity contribution >= 4 is 51.7 Å². The van der Waals surface area contributed by atoms with E-state index in [9.17, 15) is 8.42 Å². The van der Waals surface area contributed by atoms with Crippen LogP contribution in [0.2, 0.25) is 0 Å². The molecule has 0 spiro atoms. The summed E-state index contributed by atoms with van der Waals surface area (Å²) in [5.74, 6) is 0.663. The van der Waals surface area contributed by atoms with E-state index in [1.807, 2.05) is 13.8 Å². The summed E-state index contributed by atoms with van der Waals surface area (Å²) >= 11 is 1.77. The lowest BCUT2D eigenvalue weighted by atomic mass is 10.1. The van der Waals surface area contributed by atoms with Crippen molar-refractivity contribution in [1.29, 1.82) is 0 Å². The highest BCUT2D eigenvalue weighted by Crippen LogP contribution is 2.19. The zero-order valence-corrected chi connectivity index (χ0v) is 17.9. The number of hydrogen-bond donors (Lipinski definition) is 3. The number of thioether (sulfide) groups is 1. The van der Waals surface area contributed by atoms with Gasteiger partial charge in [0, 0.05) is 30.4 Å². The lowest BCUT2D eigenvalue weighted by Crippen LogP contribution is -2.53. The normalized spacial score (nSPS) is 13.6. The Morgan fingerprint density at radius 1 is 1.14 bits per heavy atom. The van der Waals surface area contributed by atoms with E-state index in [0.29, 0.717) is 12.5 Å². The molecule has 0 aliphatic heterocycles. The Morgan fingerprint density at radius 3 is 2.00 bits per heavy atom. The Balaban J connectivity index is 0. The highest BCUT2D eigenvalue weighted by molar-refractivity contribution is 14.0. The molecule has 21 heavy (non-hydrogen) atoms. The van der Waals surface area contributed by atoms with E-state index in [1.54, 1.807) is 18.8 Å². The molecule has 0 aliphatic rings. The standard InChI is InChI=1S/C12H28N4O2S2.HI/c1-11(2,16-20(7,17)18)8-14-10(13-5)15-9-12(3,4)19-6;/h16H,8-9H2,1-7H3,(H2,13,14,15);1H. The van der Waals surface area contributed by atoms with Crippen molar-refractivity contribution in [3.05, 3.63) is 0 Å². The van der Waals surface area contributed by atoms with Crippen LogP contribution in [0.25, 0.3) is 0 Å². The molecule has 0 aromatic heterocycles. The van der Waals surface area contributed by atoms with Crippen LogP contribution >= 0.6 is 35.7 Å². The maximum atomic E-state index is 11.3. The topological polar surface area (TPSA) is 82.6 Å². The first-order valence-corrected chi connectivity index (χ1v) is 9.51. The molecular formula is C12H29IN4O2S2. The molecule has 0 heterocycles. The molecule has 0 saturated carbocycles. The first kappa shape index (κ1) is 23.5. The predicted octanol–water partition coefficient (Wildman–Crippen LogP) is 1.24. The molecule has 0 atom stereocenters. The molecule has 0 saturated heterocycles. The fourth-order valence-corrected chi connectivity index (χ4v) is 2.72. The average molecular weight is 452 g/mol. The van der Waals surface area contributed by atoms with Gasteiger partial charge in [-0.3, -0.25) is 4.99 Å². The number of rotatable bonds is 7. The lowest BCUT2D eigenvalue weighted by molar-refractivity contribution is 0.446. The third-order valence-corrected chi connectivity index (χ3v) is 4.79. The van der Waals surface area contributed by atoms with Gasteiger partial charge >= 0.3 is 0 Å². The quantitative estimate of drug-likeness (QED) is 0.308. The van der Waals surface area contributed by atoms with Gasteiger partial charge in [-0.05, 0) is 34.0 Å². The van der Waals surface area contributed by atoms with Gasteiger partial charge in [0.1, 0.15) is 0 Å². The Morgan fingerprint density at radius 2 is 1.62 bits per heavy atom. The number of nitrogens with zero attached hydrogens (tertiary/aromatic N) is 1. The van der Waals surface area contributed by atoms with Crippen LogP contribution in [0.15, 0.2) is 4.99 Å². The fourth-order valence-electron chi connectivity index (χ4n) is 1.43. The SMILES string of the molecule is CN=C(NCC(C)(C)NS(C)(=O)=O)NCC(C)(C)SC.I. The minimum atomic E-state index is -3.23. The first-order valence-electron chi connectivity index (χ1n) is 6.39. The second-order valence-corrected chi connectivity index (χ2v) is 9.26. The molecule has 0 unspecified atom stereocenters. The van der Waals surface area contributed by atoms with Crippen LogP contribution in [0, 0.1) is 0 Å². The maximum Gasteiger partial charge on any atom is 0.209 e. The number of hydrogen-bond acceptors (Lipinski definition) is 4. The summed E-state index contributed by atoms with van der Waals surface area (Å²) in [5, 5.41) is 6.37. The van der Waals surface area contributed by atoms with Crippen LogP contribution < -0.4 is 15.4 Å². The fraction of sp³-hybridized carbons (Fsp3) is 0.917. The van der Waals surface area contributed by atoms with Gasteiger partial charge in [-0.25, -0.2) is 13.1 Å². The van der Waals surface area contributed by atoms with E-state index in [-0.39, 0.29) is 28.7 Å². The lowest BCUT2D eigenvalue weighted by Gasteiger charge is -2.28. The Kier molecular flexibility index (Phi) is 10.5.